The zero-order valence-corrected chi connectivity index (χ0v) is 32.0. The maximum Gasteiger partial charge on any atom is 0.410 e. The van der Waals surface area contributed by atoms with Gasteiger partial charge in [0.2, 0.25) is 5.88 Å². The van der Waals surface area contributed by atoms with E-state index >= 15 is 0 Å². The summed E-state index contributed by atoms with van der Waals surface area (Å²) in [5, 5.41) is 9.02. The van der Waals surface area contributed by atoms with Gasteiger partial charge in [0.1, 0.15) is 24.1 Å². The van der Waals surface area contributed by atoms with Crippen LogP contribution in [-0.2, 0) is 32.1 Å². The monoisotopic (exact) mass is 786 g/mol. The number of aryl methyl sites for hydroxylation is 1. The molecule has 3 aromatic rings. The first-order chi connectivity index (χ1) is 26.3. The van der Waals surface area contributed by atoms with Crippen molar-refractivity contribution < 1.29 is 47.2 Å². The molecule has 13 nitrogen and oxygen atoms in total. The number of halogens is 3. The number of rotatable bonds is 18. The number of carbonyl (C=O) groups is 2. The van der Waals surface area contributed by atoms with Crippen molar-refractivity contribution in [3.05, 3.63) is 103 Å². The van der Waals surface area contributed by atoms with Crippen LogP contribution in [0.3, 0.4) is 0 Å². The molecular formula is C39H45ClF2N4O9. The minimum Gasteiger partial charge on any atom is -0.489 e. The fourth-order valence-electron chi connectivity index (χ4n) is 6.68. The third-order valence-corrected chi connectivity index (χ3v) is 9.81. The lowest BCUT2D eigenvalue weighted by molar-refractivity contribution is -0.758. The van der Waals surface area contributed by atoms with Crippen LogP contribution in [0.5, 0.6) is 11.6 Å². The lowest BCUT2D eigenvalue weighted by Gasteiger charge is -2.42. The van der Waals surface area contributed by atoms with Crippen LogP contribution in [0.2, 0.25) is 5.02 Å². The highest BCUT2D eigenvalue weighted by Crippen LogP contribution is 2.43. The molecule has 1 aliphatic heterocycles. The zero-order valence-electron chi connectivity index (χ0n) is 31.3. The van der Waals surface area contributed by atoms with E-state index in [1.54, 1.807) is 13.3 Å². The van der Waals surface area contributed by atoms with E-state index in [1.165, 1.54) is 4.90 Å². The van der Waals surface area contributed by atoms with Gasteiger partial charge in [0.25, 0.3) is 11.0 Å². The normalized spacial score (nSPS) is 15.1. The summed E-state index contributed by atoms with van der Waals surface area (Å²) in [7, 11) is 1.55. The van der Waals surface area contributed by atoms with Crippen LogP contribution in [0.15, 0.2) is 54.2 Å². The molecule has 2 aliphatic rings. The fourth-order valence-corrected chi connectivity index (χ4v) is 6.89. The lowest BCUT2D eigenvalue weighted by Crippen LogP contribution is -2.48. The van der Waals surface area contributed by atoms with Gasteiger partial charge in [0.05, 0.1) is 33.5 Å². The molecule has 0 spiro atoms. The predicted molar refractivity (Wildman–Crippen MR) is 198 cm³/mol. The average Bonchev–Trinajstić information content (AvgIpc) is 4.00. The molecule has 296 valence electrons. The molecule has 0 N–H and O–H groups in total. The number of aromatic nitrogens is 1. The maximum atomic E-state index is 14.8. The summed E-state index contributed by atoms with van der Waals surface area (Å²) in [5.74, 6) is -1.51. The van der Waals surface area contributed by atoms with Crippen molar-refractivity contribution in [2.75, 3.05) is 53.2 Å². The molecule has 2 amide bonds. The van der Waals surface area contributed by atoms with E-state index in [9.17, 15) is 28.5 Å². The Morgan fingerprint density at radius 1 is 1.04 bits per heavy atom. The van der Waals surface area contributed by atoms with Crippen LogP contribution in [0.4, 0.5) is 13.6 Å². The first-order valence-corrected chi connectivity index (χ1v) is 18.3. The topological polar surface area (TPSA) is 143 Å². The highest BCUT2D eigenvalue weighted by molar-refractivity contribution is 6.32. The summed E-state index contributed by atoms with van der Waals surface area (Å²) in [6, 6.07) is 11.6. The number of carbonyl (C=O) groups excluding carboxylic acids is 2. The molecule has 0 radical (unpaired) electrons. The van der Waals surface area contributed by atoms with Gasteiger partial charge in [-0.25, -0.2) is 18.6 Å². The Kier molecular flexibility index (Phi) is 13.9. The quantitative estimate of drug-likeness (QED) is 0.0573. The first kappa shape index (κ1) is 41.1. The largest absolute Gasteiger partial charge is 0.489 e. The molecule has 16 heteroatoms. The van der Waals surface area contributed by atoms with Crippen molar-refractivity contribution in [2.24, 2.45) is 5.41 Å². The van der Waals surface area contributed by atoms with Crippen molar-refractivity contribution in [3.8, 4) is 11.6 Å². The molecule has 1 aromatic heterocycles. The van der Waals surface area contributed by atoms with Crippen LogP contribution in [0, 0.1) is 34.1 Å². The van der Waals surface area contributed by atoms with Crippen LogP contribution in [0.1, 0.15) is 55.4 Å². The summed E-state index contributed by atoms with van der Waals surface area (Å²) in [4.78, 5) is 50.5. The standard InChI is InChI=1S/C39H45ClF2N4O9/c1-25-28(15-16-43-36(25)51-4)22-45(29-11-12-29)37(47)30-23-44(38(48)54-20-18-52-19-21-55-46(49)50)24-39(2,3)33(30)27-9-7-26(8-10-27)6-5-17-53-35-32(42)14-13-31(41)34(35)40/h7-10,13-16,29H,5-6,11-12,17-24H2,1-4H3. The van der Waals surface area contributed by atoms with E-state index in [0.29, 0.717) is 30.8 Å². The van der Waals surface area contributed by atoms with Gasteiger partial charge in [-0.1, -0.05) is 49.7 Å². The first-order valence-electron chi connectivity index (χ1n) is 18.0. The second-order valence-electron chi connectivity index (χ2n) is 14.0. The molecule has 0 atom stereocenters. The van der Waals surface area contributed by atoms with Gasteiger partial charge in [-0.05, 0) is 73.1 Å². The number of pyridine rings is 1. The molecule has 0 saturated heterocycles. The van der Waals surface area contributed by atoms with E-state index in [4.69, 9.17) is 30.5 Å². The second kappa shape index (κ2) is 18.5. The highest BCUT2D eigenvalue weighted by Gasteiger charge is 2.43. The van der Waals surface area contributed by atoms with Gasteiger partial charge >= 0.3 is 6.09 Å². The Morgan fingerprint density at radius 2 is 1.75 bits per heavy atom. The lowest BCUT2D eigenvalue weighted by atomic mass is 9.74. The molecule has 1 aliphatic carbocycles. The molecule has 1 fully saturated rings. The van der Waals surface area contributed by atoms with E-state index in [2.05, 4.69) is 9.82 Å². The molecule has 0 bridgehead atoms. The summed E-state index contributed by atoms with van der Waals surface area (Å²) in [5.41, 5.74) is 4.15. The van der Waals surface area contributed by atoms with Gasteiger partial charge in [0.15, 0.2) is 11.6 Å². The fraction of sp³-hybridized carbons (Fsp3) is 0.462. The smallest absolute Gasteiger partial charge is 0.410 e. The number of methoxy groups -OCH3 is 1. The Morgan fingerprint density at radius 3 is 2.44 bits per heavy atom. The molecule has 55 heavy (non-hydrogen) atoms. The molecular weight excluding hydrogens is 742 g/mol. The number of hydrogen-bond acceptors (Lipinski definition) is 10. The van der Waals surface area contributed by atoms with Crippen molar-refractivity contribution >= 4 is 29.2 Å². The number of nitrogens with zero attached hydrogens (tertiary/aromatic N) is 4. The molecule has 2 heterocycles. The molecule has 2 aromatic carbocycles. The highest BCUT2D eigenvalue weighted by atomic mass is 35.5. The van der Waals surface area contributed by atoms with Crippen molar-refractivity contribution in [1.29, 1.82) is 0 Å². The van der Waals surface area contributed by atoms with E-state index in [-0.39, 0.29) is 63.8 Å². The van der Waals surface area contributed by atoms with Crippen molar-refractivity contribution in [3.63, 3.8) is 0 Å². The Bertz CT molecular complexity index is 1890. The van der Waals surface area contributed by atoms with Crippen LogP contribution >= 0.6 is 11.6 Å². The molecule has 5 rings (SSSR count). The van der Waals surface area contributed by atoms with Crippen molar-refractivity contribution in [1.82, 2.24) is 14.8 Å². The van der Waals surface area contributed by atoms with Crippen molar-refractivity contribution in [2.45, 2.75) is 59.0 Å². The van der Waals surface area contributed by atoms with E-state index in [1.807, 2.05) is 56.0 Å². The summed E-state index contributed by atoms with van der Waals surface area (Å²) in [6.45, 7) is 6.21. The third kappa shape index (κ3) is 10.6. The maximum absolute atomic E-state index is 14.8. The van der Waals surface area contributed by atoms with E-state index in [0.717, 1.165) is 52.8 Å². The average molecular weight is 787 g/mol. The van der Waals surface area contributed by atoms with Gasteiger partial charge in [0, 0.05) is 41.9 Å². The van der Waals surface area contributed by atoms with Gasteiger partial charge in [-0.3, -0.25) is 4.79 Å². The van der Waals surface area contributed by atoms with Gasteiger partial charge < -0.3 is 33.6 Å². The Labute approximate surface area is 323 Å². The Hall–Kier alpha value is -5.02. The number of hydrogen-bond donors (Lipinski definition) is 0. The van der Waals surface area contributed by atoms with Gasteiger partial charge in [-0.2, -0.15) is 0 Å². The van der Waals surface area contributed by atoms with Gasteiger partial charge in [-0.15, -0.1) is 10.1 Å². The number of amides is 2. The Balaban J connectivity index is 1.36. The minimum atomic E-state index is -0.911. The van der Waals surface area contributed by atoms with Crippen LogP contribution < -0.4 is 9.47 Å². The SMILES string of the molecule is COc1nccc(CN(C(=O)C2=C(c3ccc(CCCOc4c(F)ccc(F)c4Cl)cc3)C(C)(C)CN(C(=O)OCCOCCO[N+](=O)[O-])C2)C2CC2)c1C. The number of ether oxygens (including phenoxy) is 4. The second-order valence-corrected chi connectivity index (χ2v) is 14.3. The zero-order chi connectivity index (χ0) is 39.7. The van der Waals surface area contributed by atoms with Crippen LogP contribution in [0.25, 0.3) is 5.57 Å². The van der Waals surface area contributed by atoms with E-state index < -0.39 is 33.3 Å². The molecule has 0 unspecified atom stereocenters. The summed E-state index contributed by atoms with van der Waals surface area (Å²) in [6.07, 6.45) is 3.84. The summed E-state index contributed by atoms with van der Waals surface area (Å²) < 4.78 is 49.6. The number of benzene rings is 2. The predicted octanol–water partition coefficient (Wildman–Crippen LogP) is 6.99. The van der Waals surface area contributed by atoms with Crippen LogP contribution in [-0.4, -0.2) is 91.1 Å². The third-order valence-electron chi connectivity index (χ3n) is 9.46. The minimum absolute atomic E-state index is 0.00806. The molecule has 1 saturated carbocycles. The summed E-state index contributed by atoms with van der Waals surface area (Å²) >= 11 is 5.89.